The second-order valence-corrected chi connectivity index (χ2v) is 4.16. The van der Waals surface area contributed by atoms with Crippen molar-refractivity contribution >= 4 is 11.5 Å². The van der Waals surface area contributed by atoms with Gasteiger partial charge in [-0.15, -0.1) is 6.42 Å². The van der Waals surface area contributed by atoms with Crippen LogP contribution in [0.4, 0.5) is 11.5 Å². The lowest BCUT2D eigenvalue weighted by molar-refractivity contribution is 0.692. The first-order chi connectivity index (χ1) is 7.82. The van der Waals surface area contributed by atoms with Gasteiger partial charge >= 0.3 is 5.69 Å². The Morgan fingerprint density at radius 2 is 2.12 bits per heavy atom. The van der Waals surface area contributed by atoms with E-state index in [-0.39, 0.29) is 11.5 Å². The van der Waals surface area contributed by atoms with Crippen LogP contribution in [0.5, 0.6) is 0 Å². The molecule has 0 atom stereocenters. The summed E-state index contributed by atoms with van der Waals surface area (Å²) in [6.07, 6.45) is 5.32. The molecule has 1 aromatic heterocycles. The molecule has 0 spiro atoms. The molecule has 0 amide bonds. The predicted molar refractivity (Wildman–Crippen MR) is 67.9 cm³/mol. The van der Waals surface area contributed by atoms with Gasteiger partial charge in [-0.2, -0.15) is 0 Å². The molecule has 1 rings (SSSR count). The van der Waals surface area contributed by atoms with Crippen LogP contribution in [0.1, 0.15) is 20.8 Å². The zero-order valence-electron chi connectivity index (χ0n) is 10.1. The van der Waals surface area contributed by atoms with Crippen LogP contribution in [0.3, 0.4) is 0 Å². The molecule has 6 nitrogen and oxygen atoms in total. The Bertz CT molecular complexity index is 575. The predicted octanol–water partition coefficient (Wildman–Crippen LogP) is -0.0376. The zero-order chi connectivity index (χ0) is 13.2. The molecule has 1 heterocycles. The van der Waals surface area contributed by atoms with E-state index in [4.69, 9.17) is 12.2 Å². The minimum absolute atomic E-state index is 0.0876. The summed E-state index contributed by atoms with van der Waals surface area (Å²) in [4.78, 5) is 25.3. The van der Waals surface area contributed by atoms with Crippen molar-refractivity contribution in [1.29, 1.82) is 0 Å². The lowest BCUT2D eigenvalue weighted by Gasteiger charge is -2.22. The molecule has 0 aliphatic carbocycles. The fourth-order valence-corrected chi connectivity index (χ4v) is 1.37. The topological polar surface area (TPSA) is 92.9 Å². The maximum Gasteiger partial charge on any atom is 0.330 e. The van der Waals surface area contributed by atoms with E-state index in [1.165, 1.54) is 4.57 Å². The Morgan fingerprint density at radius 1 is 1.53 bits per heavy atom. The van der Waals surface area contributed by atoms with Gasteiger partial charge in [-0.25, -0.2) is 4.79 Å². The van der Waals surface area contributed by atoms with Crippen LogP contribution in [0, 0.1) is 12.3 Å². The summed E-state index contributed by atoms with van der Waals surface area (Å²) in [5.41, 5.74) is 4.07. The van der Waals surface area contributed by atoms with Crippen LogP contribution in [0.25, 0.3) is 0 Å². The summed E-state index contributed by atoms with van der Waals surface area (Å²) in [7, 11) is 0. The smallest absolute Gasteiger partial charge is 0.330 e. The number of hydrogen-bond donors (Lipinski definition) is 3. The molecule has 0 saturated carbocycles. The molecule has 4 N–H and O–H groups in total. The van der Waals surface area contributed by atoms with E-state index in [0.29, 0.717) is 6.54 Å². The van der Waals surface area contributed by atoms with Gasteiger partial charge in [-0.3, -0.25) is 14.3 Å². The quantitative estimate of drug-likeness (QED) is 0.642. The number of H-pyrrole nitrogens is 1. The molecule has 1 aromatic rings. The summed E-state index contributed by atoms with van der Waals surface area (Å²) >= 11 is 0. The number of hydrogen-bond acceptors (Lipinski definition) is 4. The SMILES string of the molecule is C#CC(C)(C)Nc1c(N)n(CC)c(=O)[nH]c1=O. The largest absolute Gasteiger partial charge is 0.383 e. The molecule has 92 valence electrons. The van der Waals surface area contributed by atoms with Gasteiger partial charge in [-0.05, 0) is 20.8 Å². The molecule has 6 heteroatoms. The highest BCUT2D eigenvalue weighted by Crippen LogP contribution is 2.15. The third-order valence-electron chi connectivity index (χ3n) is 2.35. The van der Waals surface area contributed by atoms with Gasteiger partial charge in [0.2, 0.25) is 0 Å². The van der Waals surface area contributed by atoms with E-state index in [9.17, 15) is 9.59 Å². The minimum Gasteiger partial charge on any atom is -0.383 e. The maximum atomic E-state index is 11.6. The summed E-state index contributed by atoms with van der Waals surface area (Å²) < 4.78 is 1.26. The van der Waals surface area contributed by atoms with E-state index >= 15 is 0 Å². The van der Waals surface area contributed by atoms with Gasteiger partial charge in [0.05, 0.1) is 5.54 Å². The van der Waals surface area contributed by atoms with Gasteiger partial charge in [0, 0.05) is 6.54 Å². The number of nitrogens with two attached hydrogens (primary N) is 1. The van der Waals surface area contributed by atoms with Gasteiger partial charge in [0.25, 0.3) is 5.56 Å². The average molecular weight is 236 g/mol. The fourth-order valence-electron chi connectivity index (χ4n) is 1.37. The van der Waals surface area contributed by atoms with Crippen LogP contribution in [-0.4, -0.2) is 15.1 Å². The number of aromatic nitrogens is 2. The zero-order valence-corrected chi connectivity index (χ0v) is 10.1. The lowest BCUT2D eigenvalue weighted by Crippen LogP contribution is -2.38. The highest BCUT2D eigenvalue weighted by atomic mass is 16.2. The Hall–Kier alpha value is -2.16. The van der Waals surface area contributed by atoms with Crippen LogP contribution >= 0.6 is 0 Å². The molecule has 0 saturated heterocycles. The number of terminal acetylenes is 1. The molecule has 0 aliphatic heterocycles. The van der Waals surface area contributed by atoms with Gasteiger partial charge in [0.1, 0.15) is 11.5 Å². The van der Waals surface area contributed by atoms with Gasteiger partial charge < -0.3 is 11.1 Å². The van der Waals surface area contributed by atoms with E-state index < -0.39 is 16.8 Å². The third kappa shape index (κ3) is 2.50. The number of nitrogens with zero attached hydrogens (tertiary/aromatic N) is 1. The van der Waals surface area contributed by atoms with Crippen molar-refractivity contribution in [1.82, 2.24) is 9.55 Å². The Labute approximate surface area is 98.8 Å². The molecule has 0 fully saturated rings. The summed E-state index contributed by atoms with van der Waals surface area (Å²) in [5.74, 6) is 2.58. The lowest BCUT2D eigenvalue weighted by atomic mass is 10.1. The van der Waals surface area contributed by atoms with Crippen molar-refractivity contribution in [2.24, 2.45) is 0 Å². The Balaban J connectivity index is 3.41. The molecular formula is C11H16N4O2. The fraction of sp³-hybridized carbons (Fsp3) is 0.455. The minimum atomic E-state index is -0.725. The van der Waals surface area contributed by atoms with Crippen molar-refractivity contribution in [3.63, 3.8) is 0 Å². The van der Waals surface area contributed by atoms with Crippen LogP contribution in [0.15, 0.2) is 9.59 Å². The highest BCUT2D eigenvalue weighted by molar-refractivity contribution is 5.62. The van der Waals surface area contributed by atoms with Gasteiger partial charge in [-0.1, -0.05) is 5.92 Å². The Morgan fingerprint density at radius 3 is 2.59 bits per heavy atom. The number of nitrogen functional groups attached to an aromatic ring is 1. The molecule has 17 heavy (non-hydrogen) atoms. The first kappa shape index (κ1) is 12.9. The van der Waals surface area contributed by atoms with E-state index in [0.717, 1.165) is 0 Å². The number of anilines is 2. The molecule has 0 unspecified atom stereocenters. The molecule has 0 aromatic carbocycles. The molecular weight excluding hydrogens is 220 g/mol. The standard InChI is InChI=1S/C11H16N4O2/c1-5-11(3,4)14-7-8(12)15(6-2)10(17)13-9(7)16/h1,14H,6,12H2,2-4H3,(H,13,16,17). The number of aromatic amines is 1. The summed E-state index contributed by atoms with van der Waals surface area (Å²) in [5, 5.41) is 2.84. The number of rotatable bonds is 3. The second kappa shape index (κ2) is 4.37. The van der Waals surface area contributed by atoms with Crippen molar-refractivity contribution in [3.8, 4) is 12.3 Å². The van der Waals surface area contributed by atoms with E-state index in [1.54, 1.807) is 20.8 Å². The van der Waals surface area contributed by atoms with Crippen molar-refractivity contribution in [2.45, 2.75) is 32.9 Å². The first-order valence-corrected chi connectivity index (χ1v) is 5.21. The van der Waals surface area contributed by atoms with Gasteiger partial charge in [0.15, 0.2) is 0 Å². The normalized spacial score (nSPS) is 10.9. The second-order valence-electron chi connectivity index (χ2n) is 4.16. The van der Waals surface area contributed by atoms with Crippen molar-refractivity contribution in [3.05, 3.63) is 20.8 Å². The molecule has 0 radical (unpaired) electrons. The highest BCUT2D eigenvalue weighted by Gasteiger charge is 2.19. The van der Waals surface area contributed by atoms with E-state index in [2.05, 4.69) is 16.2 Å². The van der Waals surface area contributed by atoms with Crippen LogP contribution in [-0.2, 0) is 6.54 Å². The van der Waals surface area contributed by atoms with Crippen LogP contribution in [0.2, 0.25) is 0 Å². The van der Waals surface area contributed by atoms with Crippen molar-refractivity contribution in [2.75, 3.05) is 11.1 Å². The Kier molecular flexibility index (Phi) is 3.32. The maximum absolute atomic E-state index is 11.6. The summed E-state index contributed by atoms with van der Waals surface area (Å²) in [6, 6.07) is 0. The number of nitrogens with one attached hydrogen (secondary N) is 2. The van der Waals surface area contributed by atoms with E-state index in [1.807, 2.05) is 0 Å². The monoisotopic (exact) mass is 236 g/mol. The molecule has 0 bridgehead atoms. The molecule has 0 aliphatic rings. The van der Waals surface area contributed by atoms with Crippen molar-refractivity contribution < 1.29 is 0 Å². The van der Waals surface area contributed by atoms with Crippen LogP contribution < -0.4 is 22.3 Å². The average Bonchev–Trinajstić information content (AvgIpc) is 2.25. The first-order valence-electron chi connectivity index (χ1n) is 5.21. The summed E-state index contributed by atoms with van der Waals surface area (Å²) in [6.45, 7) is 5.58. The third-order valence-corrected chi connectivity index (χ3v) is 2.35.